The maximum atomic E-state index is 13.0. The van der Waals surface area contributed by atoms with Crippen LogP contribution >= 0.6 is 23.1 Å². The fraction of sp³-hybridized carbons (Fsp3) is 0.364. The molecule has 3 aromatic rings. The van der Waals surface area contributed by atoms with Gasteiger partial charge in [0.25, 0.3) is 5.91 Å². The number of hydrogen-bond acceptors (Lipinski definition) is 6. The number of carbonyl (C=O) groups is 1. The van der Waals surface area contributed by atoms with Gasteiger partial charge in [-0.2, -0.15) is 4.31 Å². The van der Waals surface area contributed by atoms with E-state index in [1.165, 1.54) is 12.1 Å². The smallest absolute Gasteiger partial charge is 0.255 e. The van der Waals surface area contributed by atoms with E-state index in [4.69, 9.17) is 0 Å². The van der Waals surface area contributed by atoms with Crippen molar-refractivity contribution in [1.29, 1.82) is 0 Å². The number of nitrogens with zero attached hydrogens (tertiary/aromatic N) is 2. The van der Waals surface area contributed by atoms with E-state index < -0.39 is 10.0 Å². The van der Waals surface area contributed by atoms with E-state index in [0.717, 1.165) is 21.0 Å². The minimum Gasteiger partial charge on any atom is -0.322 e. The molecule has 9 heteroatoms. The summed E-state index contributed by atoms with van der Waals surface area (Å²) in [6.45, 7) is 5.23. The van der Waals surface area contributed by atoms with Crippen LogP contribution in [0.15, 0.2) is 51.7 Å². The summed E-state index contributed by atoms with van der Waals surface area (Å²) in [6.07, 6.45) is 3.02. The lowest BCUT2D eigenvalue weighted by Gasteiger charge is -2.34. The van der Waals surface area contributed by atoms with Crippen LogP contribution in [-0.2, 0) is 10.0 Å². The summed E-state index contributed by atoms with van der Waals surface area (Å²) in [5, 5.41) is 2.88. The summed E-state index contributed by atoms with van der Waals surface area (Å²) in [7, 11) is -3.56. The molecule has 2 aromatic carbocycles. The number of thioether (sulfide) groups is 1. The first-order valence-corrected chi connectivity index (χ1v) is 13.6. The molecule has 1 aromatic heterocycles. The summed E-state index contributed by atoms with van der Waals surface area (Å²) in [6, 6.07) is 11.8. The van der Waals surface area contributed by atoms with E-state index in [1.807, 2.05) is 24.5 Å². The van der Waals surface area contributed by atoms with Crippen molar-refractivity contribution in [2.45, 2.75) is 29.5 Å². The van der Waals surface area contributed by atoms with E-state index in [9.17, 15) is 13.2 Å². The van der Waals surface area contributed by atoms with Crippen molar-refractivity contribution >= 4 is 54.9 Å². The normalized spacial score (nSPS) is 20.1. The minimum atomic E-state index is -3.56. The van der Waals surface area contributed by atoms with Crippen molar-refractivity contribution in [3.8, 4) is 0 Å². The van der Waals surface area contributed by atoms with Gasteiger partial charge in [-0.25, -0.2) is 13.4 Å². The number of piperidine rings is 1. The third-order valence-electron chi connectivity index (χ3n) is 5.39. The molecule has 0 aliphatic carbocycles. The molecule has 1 aliphatic rings. The van der Waals surface area contributed by atoms with Crippen LogP contribution in [0.4, 0.5) is 5.69 Å². The Labute approximate surface area is 191 Å². The lowest BCUT2D eigenvalue weighted by molar-refractivity contribution is 0.102. The van der Waals surface area contributed by atoms with Gasteiger partial charge in [0.1, 0.15) is 0 Å². The van der Waals surface area contributed by atoms with Crippen molar-refractivity contribution in [2.24, 2.45) is 11.8 Å². The second-order valence-electron chi connectivity index (χ2n) is 8.11. The summed E-state index contributed by atoms with van der Waals surface area (Å²) in [5.74, 6) is 0.399. The van der Waals surface area contributed by atoms with Crippen LogP contribution in [0.25, 0.3) is 10.2 Å². The Morgan fingerprint density at radius 1 is 1.13 bits per heavy atom. The highest BCUT2D eigenvalue weighted by molar-refractivity contribution is 8.00. The first-order valence-electron chi connectivity index (χ1n) is 10.1. The third kappa shape index (κ3) is 4.79. The molecule has 1 N–H and O–H groups in total. The van der Waals surface area contributed by atoms with Crippen molar-refractivity contribution in [3.05, 3.63) is 48.0 Å². The van der Waals surface area contributed by atoms with Gasteiger partial charge in [-0.15, -0.1) is 11.3 Å². The summed E-state index contributed by atoms with van der Waals surface area (Å²) in [5.41, 5.74) is 2.00. The molecule has 2 atom stereocenters. The highest BCUT2D eigenvalue weighted by Gasteiger charge is 2.31. The van der Waals surface area contributed by atoms with Gasteiger partial charge in [0.2, 0.25) is 10.0 Å². The van der Waals surface area contributed by atoms with E-state index in [1.54, 1.807) is 39.5 Å². The molecule has 0 saturated carbocycles. The van der Waals surface area contributed by atoms with Gasteiger partial charge in [0.15, 0.2) is 4.34 Å². The molecule has 0 radical (unpaired) electrons. The summed E-state index contributed by atoms with van der Waals surface area (Å²) < 4.78 is 29.6. The second kappa shape index (κ2) is 8.90. The van der Waals surface area contributed by atoms with Gasteiger partial charge in [0.05, 0.1) is 15.1 Å². The maximum Gasteiger partial charge on any atom is 0.255 e. The number of sulfonamides is 1. The maximum absolute atomic E-state index is 13.0. The predicted molar refractivity (Wildman–Crippen MR) is 128 cm³/mol. The standard InChI is InChI=1S/C22H25N3O3S3/c1-14-10-15(2)13-25(12-14)31(27,28)18-7-4-16(5-8-18)21(26)23-17-6-9-19-20(11-17)30-22(24-19)29-3/h4-9,11,14-15H,10,12-13H2,1-3H3,(H,23,26)/t14-,15+. The highest BCUT2D eigenvalue weighted by atomic mass is 32.2. The largest absolute Gasteiger partial charge is 0.322 e. The zero-order valence-corrected chi connectivity index (χ0v) is 20.1. The lowest BCUT2D eigenvalue weighted by Crippen LogP contribution is -2.42. The van der Waals surface area contributed by atoms with Gasteiger partial charge in [0, 0.05) is 24.3 Å². The molecule has 1 saturated heterocycles. The summed E-state index contributed by atoms with van der Waals surface area (Å²) in [4.78, 5) is 17.4. The zero-order chi connectivity index (χ0) is 22.2. The first-order chi connectivity index (χ1) is 14.8. The zero-order valence-electron chi connectivity index (χ0n) is 17.7. The monoisotopic (exact) mass is 475 g/mol. The molecule has 2 heterocycles. The molecule has 31 heavy (non-hydrogen) atoms. The predicted octanol–water partition coefficient (Wildman–Crippen LogP) is 4.94. The molecule has 1 amide bonds. The SMILES string of the molecule is CSc1nc2ccc(NC(=O)c3ccc(S(=O)(=O)N4C[C@H](C)C[C@H](C)C4)cc3)cc2s1. The van der Waals surface area contributed by atoms with Gasteiger partial charge < -0.3 is 5.32 Å². The van der Waals surface area contributed by atoms with E-state index >= 15 is 0 Å². The Morgan fingerprint density at radius 3 is 2.45 bits per heavy atom. The molecule has 6 nitrogen and oxygen atoms in total. The summed E-state index contributed by atoms with van der Waals surface area (Å²) >= 11 is 3.17. The fourth-order valence-corrected chi connectivity index (χ4v) is 7.21. The van der Waals surface area contributed by atoms with Crippen LogP contribution in [0.5, 0.6) is 0 Å². The number of nitrogens with one attached hydrogen (secondary N) is 1. The van der Waals surface area contributed by atoms with Gasteiger partial charge >= 0.3 is 0 Å². The number of carbonyl (C=O) groups excluding carboxylic acids is 1. The highest BCUT2D eigenvalue weighted by Crippen LogP contribution is 2.30. The van der Waals surface area contributed by atoms with E-state index in [-0.39, 0.29) is 10.8 Å². The number of rotatable bonds is 5. The fourth-order valence-electron chi connectivity index (χ4n) is 4.00. The lowest BCUT2D eigenvalue weighted by atomic mass is 9.94. The average Bonchev–Trinajstić information content (AvgIpc) is 3.15. The van der Waals surface area contributed by atoms with Crippen LogP contribution < -0.4 is 5.32 Å². The van der Waals surface area contributed by atoms with Gasteiger partial charge in [-0.3, -0.25) is 4.79 Å². The van der Waals surface area contributed by atoms with Crippen molar-refractivity contribution in [1.82, 2.24) is 9.29 Å². The van der Waals surface area contributed by atoms with Crippen molar-refractivity contribution < 1.29 is 13.2 Å². The van der Waals surface area contributed by atoms with Crippen LogP contribution in [0.3, 0.4) is 0 Å². The van der Waals surface area contributed by atoms with E-state index in [2.05, 4.69) is 24.1 Å². The van der Waals surface area contributed by atoms with Gasteiger partial charge in [-0.05, 0) is 67.0 Å². The van der Waals surface area contributed by atoms with Crippen LogP contribution in [-0.4, -0.2) is 43.0 Å². The minimum absolute atomic E-state index is 0.223. The van der Waals surface area contributed by atoms with Crippen LogP contribution in [0.1, 0.15) is 30.6 Å². The Hall–Kier alpha value is -1.94. The third-order valence-corrected chi connectivity index (χ3v) is 9.24. The molecule has 4 rings (SSSR count). The molecule has 164 valence electrons. The topological polar surface area (TPSA) is 79.4 Å². The van der Waals surface area contributed by atoms with Crippen molar-refractivity contribution in [2.75, 3.05) is 24.7 Å². The number of aromatic nitrogens is 1. The second-order valence-corrected chi connectivity index (χ2v) is 12.1. The molecule has 1 fully saturated rings. The van der Waals surface area contributed by atoms with Gasteiger partial charge in [-0.1, -0.05) is 25.6 Å². The van der Waals surface area contributed by atoms with E-state index in [0.29, 0.717) is 36.2 Å². The molecular formula is C22H25N3O3S3. The Balaban J connectivity index is 1.49. The van der Waals surface area contributed by atoms with Crippen LogP contribution in [0.2, 0.25) is 0 Å². The van der Waals surface area contributed by atoms with Crippen LogP contribution in [0, 0.1) is 11.8 Å². The average molecular weight is 476 g/mol. The number of fused-ring (bicyclic) bond motifs is 1. The van der Waals surface area contributed by atoms with Crippen molar-refractivity contribution in [3.63, 3.8) is 0 Å². The quantitative estimate of drug-likeness (QED) is 0.529. The molecule has 1 aliphatic heterocycles. The number of anilines is 1. The molecular weight excluding hydrogens is 450 g/mol. The molecule has 0 unspecified atom stereocenters. The Morgan fingerprint density at radius 2 is 1.81 bits per heavy atom. The Kier molecular flexibility index (Phi) is 6.39. The number of thiazole rings is 1. The molecule has 0 bridgehead atoms. The number of amides is 1. The first kappa shape index (κ1) is 22.3. The molecule has 0 spiro atoms. The Bertz CT molecular complexity index is 1200. The number of benzene rings is 2. The number of hydrogen-bond donors (Lipinski definition) is 1.